The van der Waals surface area contributed by atoms with Crippen LogP contribution in [0.15, 0.2) is 6.33 Å². The van der Waals surface area contributed by atoms with E-state index in [0.717, 1.165) is 12.8 Å². The third-order valence-corrected chi connectivity index (χ3v) is 4.46. The van der Waals surface area contributed by atoms with Crippen molar-refractivity contribution in [2.75, 3.05) is 12.3 Å². The van der Waals surface area contributed by atoms with Gasteiger partial charge in [-0.2, -0.15) is 9.97 Å². The summed E-state index contributed by atoms with van der Waals surface area (Å²) in [4.78, 5) is 24.1. The number of hydrogen-bond acceptors (Lipinski definition) is 8. The van der Waals surface area contributed by atoms with Crippen molar-refractivity contribution in [1.82, 2.24) is 19.5 Å². The monoisotopic (exact) mass is 368 g/mol. The number of hydrogen-bond donors (Lipinski definition) is 2. The molecule has 0 saturated carbocycles. The highest BCUT2D eigenvalue weighted by molar-refractivity contribution is 6.33. The van der Waals surface area contributed by atoms with Gasteiger partial charge in [0.25, 0.3) is 0 Å². The highest BCUT2D eigenvalue weighted by atomic mass is 35.5. The molecule has 3 unspecified atom stereocenters. The number of halogens is 1. The Kier molecular flexibility index (Phi) is 5.07. The van der Waals surface area contributed by atoms with Crippen LogP contribution in [-0.2, 0) is 14.3 Å². The van der Waals surface area contributed by atoms with Crippen LogP contribution in [0.2, 0.25) is 5.15 Å². The molecular formula is C15H21ClN6O3. The van der Waals surface area contributed by atoms with Crippen LogP contribution in [0, 0.1) is 5.92 Å². The zero-order valence-electron chi connectivity index (χ0n) is 14.1. The normalized spacial score (nSPS) is 21.8. The largest absolute Gasteiger partial charge is 0.462 e. The number of carbonyl (C=O) groups is 1. The molecule has 0 radical (unpaired) electrons. The number of rotatable bonds is 5. The van der Waals surface area contributed by atoms with Crippen LogP contribution in [0.4, 0.5) is 5.95 Å². The summed E-state index contributed by atoms with van der Waals surface area (Å²) in [5, 5.41) is 0.201. The van der Waals surface area contributed by atoms with Gasteiger partial charge >= 0.3 is 5.97 Å². The molecule has 3 rings (SSSR count). The molecule has 1 aliphatic rings. The Morgan fingerprint density at radius 3 is 2.96 bits per heavy atom. The molecule has 0 aromatic carbocycles. The number of imidazole rings is 1. The van der Waals surface area contributed by atoms with Gasteiger partial charge < -0.3 is 20.9 Å². The van der Waals surface area contributed by atoms with E-state index in [1.54, 1.807) is 10.9 Å². The van der Waals surface area contributed by atoms with Crippen LogP contribution in [0.25, 0.3) is 11.2 Å². The zero-order chi connectivity index (χ0) is 18.1. The second-order valence-corrected chi connectivity index (χ2v) is 6.74. The number of fused-ring (bicyclic) bond motifs is 1. The predicted octanol–water partition coefficient (Wildman–Crippen LogP) is 1.27. The van der Waals surface area contributed by atoms with Crippen LogP contribution in [-0.4, -0.2) is 44.2 Å². The quantitative estimate of drug-likeness (QED) is 0.595. The number of nitrogen functional groups attached to an aromatic ring is 1. The minimum Gasteiger partial charge on any atom is -0.462 e. The Hall–Kier alpha value is -1.97. The van der Waals surface area contributed by atoms with Crippen molar-refractivity contribution < 1.29 is 14.3 Å². The zero-order valence-corrected chi connectivity index (χ0v) is 14.8. The number of nitrogens with two attached hydrogens (primary N) is 2. The van der Waals surface area contributed by atoms with E-state index in [4.69, 9.17) is 32.5 Å². The van der Waals surface area contributed by atoms with Gasteiger partial charge in [-0.15, -0.1) is 0 Å². The summed E-state index contributed by atoms with van der Waals surface area (Å²) in [6.07, 6.45) is 2.57. The molecule has 0 aliphatic carbocycles. The van der Waals surface area contributed by atoms with Gasteiger partial charge in [0.05, 0.1) is 12.4 Å². The van der Waals surface area contributed by atoms with E-state index in [9.17, 15) is 4.79 Å². The maximum Gasteiger partial charge on any atom is 0.323 e. The van der Waals surface area contributed by atoms with E-state index in [1.807, 2.05) is 13.8 Å². The summed E-state index contributed by atoms with van der Waals surface area (Å²) < 4.78 is 13.0. The SMILES string of the molecule is CC(C)C(N)C(=O)OCC1CCC(n2cnc3c(Cl)nc(N)nc32)O1. The van der Waals surface area contributed by atoms with Crippen molar-refractivity contribution >= 4 is 34.7 Å². The van der Waals surface area contributed by atoms with Crippen LogP contribution in [0.5, 0.6) is 0 Å². The van der Waals surface area contributed by atoms with Crippen molar-refractivity contribution in [2.24, 2.45) is 11.7 Å². The Morgan fingerprint density at radius 2 is 2.24 bits per heavy atom. The second kappa shape index (κ2) is 7.11. The topological polar surface area (TPSA) is 131 Å². The lowest BCUT2D eigenvalue weighted by atomic mass is 10.1. The van der Waals surface area contributed by atoms with Crippen LogP contribution in [0.3, 0.4) is 0 Å². The fraction of sp³-hybridized carbons (Fsp3) is 0.600. The third kappa shape index (κ3) is 3.68. The molecule has 3 atom stereocenters. The lowest BCUT2D eigenvalue weighted by Crippen LogP contribution is -2.38. The van der Waals surface area contributed by atoms with E-state index in [2.05, 4.69) is 15.0 Å². The summed E-state index contributed by atoms with van der Waals surface area (Å²) in [6.45, 7) is 3.91. The summed E-state index contributed by atoms with van der Waals surface area (Å²) in [5.41, 5.74) is 12.4. The number of aromatic nitrogens is 4. The fourth-order valence-electron chi connectivity index (χ4n) is 2.67. The van der Waals surface area contributed by atoms with E-state index in [1.165, 1.54) is 0 Å². The average molecular weight is 369 g/mol. The Labute approximate surface area is 149 Å². The number of ether oxygens (including phenoxy) is 2. The number of esters is 1. The highest BCUT2D eigenvalue weighted by Crippen LogP contribution is 2.31. The van der Waals surface area contributed by atoms with Gasteiger partial charge in [0, 0.05) is 0 Å². The van der Waals surface area contributed by atoms with Crippen LogP contribution in [0.1, 0.15) is 32.9 Å². The predicted molar refractivity (Wildman–Crippen MR) is 91.7 cm³/mol. The van der Waals surface area contributed by atoms with Crippen molar-refractivity contribution in [3.63, 3.8) is 0 Å². The lowest BCUT2D eigenvalue weighted by molar-refractivity contribution is -0.151. The minimum atomic E-state index is -0.628. The lowest BCUT2D eigenvalue weighted by Gasteiger charge is -2.18. The Morgan fingerprint density at radius 1 is 1.48 bits per heavy atom. The van der Waals surface area contributed by atoms with Gasteiger partial charge in [-0.3, -0.25) is 9.36 Å². The van der Waals surface area contributed by atoms with Gasteiger partial charge in [0.2, 0.25) is 5.95 Å². The average Bonchev–Trinajstić information content (AvgIpc) is 3.18. The molecule has 3 heterocycles. The molecule has 2 aromatic heterocycles. The van der Waals surface area contributed by atoms with Gasteiger partial charge in [0.15, 0.2) is 10.8 Å². The van der Waals surface area contributed by atoms with Crippen LogP contribution >= 0.6 is 11.6 Å². The van der Waals surface area contributed by atoms with Crippen molar-refractivity contribution in [1.29, 1.82) is 0 Å². The maximum atomic E-state index is 11.8. The molecule has 1 saturated heterocycles. The van der Waals surface area contributed by atoms with Crippen LogP contribution < -0.4 is 11.5 Å². The number of anilines is 1. The summed E-state index contributed by atoms with van der Waals surface area (Å²) >= 11 is 6.03. The molecule has 10 heteroatoms. The molecule has 2 aromatic rings. The molecule has 0 spiro atoms. The molecule has 0 amide bonds. The van der Waals surface area contributed by atoms with E-state index in [-0.39, 0.29) is 36.0 Å². The van der Waals surface area contributed by atoms with Crippen molar-refractivity contribution in [2.45, 2.75) is 45.1 Å². The third-order valence-electron chi connectivity index (χ3n) is 4.19. The van der Waals surface area contributed by atoms with Gasteiger partial charge in [-0.1, -0.05) is 25.4 Å². The van der Waals surface area contributed by atoms with Gasteiger partial charge in [-0.05, 0) is 18.8 Å². The van der Waals surface area contributed by atoms with Crippen molar-refractivity contribution in [3.05, 3.63) is 11.5 Å². The standard InChI is InChI=1S/C15H21ClN6O3/c1-7(2)10(17)14(23)24-5-8-3-4-9(25-8)22-6-19-11-12(16)20-15(18)21-13(11)22/h6-10H,3-5,17H2,1-2H3,(H2,18,20,21). The smallest absolute Gasteiger partial charge is 0.323 e. The first kappa shape index (κ1) is 17.8. The summed E-state index contributed by atoms with van der Waals surface area (Å²) in [6, 6.07) is -0.628. The molecule has 1 aliphatic heterocycles. The molecular weight excluding hydrogens is 348 g/mol. The van der Waals surface area contributed by atoms with Crippen molar-refractivity contribution in [3.8, 4) is 0 Å². The molecule has 136 valence electrons. The van der Waals surface area contributed by atoms with E-state index >= 15 is 0 Å². The Bertz CT molecular complexity index is 780. The molecule has 25 heavy (non-hydrogen) atoms. The first-order valence-corrected chi connectivity index (χ1v) is 8.47. The highest BCUT2D eigenvalue weighted by Gasteiger charge is 2.30. The molecule has 0 bridgehead atoms. The summed E-state index contributed by atoms with van der Waals surface area (Å²) in [7, 11) is 0. The van der Waals surface area contributed by atoms with Gasteiger partial charge in [0.1, 0.15) is 24.4 Å². The van der Waals surface area contributed by atoms with Gasteiger partial charge in [-0.25, -0.2) is 4.98 Å². The minimum absolute atomic E-state index is 0.0250. The molecule has 1 fully saturated rings. The second-order valence-electron chi connectivity index (χ2n) is 6.39. The maximum absolute atomic E-state index is 11.8. The molecule has 4 N–H and O–H groups in total. The summed E-state index contributed by atoms with van der Waals surface area (Å²) in [5.74, 6) is -0.315. The fourth-order valence-corrected chi connectivity index (χ4v) is 2.89. The van der Waals surface area contributed by atoms with E-state index < -0.39 is 12.0 Å². The first-order valence-electron chi connectivity index (χ1n) is 8.10. The number of nitrogens with zero attached hydrogens (tertiary/aromatic N) is 4. The Balaban J connectivity index is 1.65. The van der Waals surface area contributed by atoms with E-state index in [0.29, 0.717) is 11.2 Å². The number of carbonyl (C=O) groups excluding carboxylic acids is 1. The molecule has 9 nitrogen and oxygen atoms in total. The first-order chi connectivity index (χ1) is 11.9.